The fraction of sp³-hybridized carbons (Fsp3) is 0.350. The van der Waals surface area contributed by atoms with Crippen LogP contribution in [0, 0.1) is 13.8 Å². The summed E-state index contributed by atoms with van der Waals surface area (Å²) in [5, 5.41) is 3.04. The second-order valence-corrected chi connectivity index (χ2v) is 5.97. The number of carbonyl (C=O) groups excluding carboxylic acids is 1. The molecular formula is C20H25NO2. The van der Waals surface area contributed by atoms with E-state index in [0.29, 0.717) is 6.42 Å². The van der Waals surface area contributed by atoms with E-state index in [1.165, 1.54) is 5.56 Å². The summed E-state index contributed by atoms with van der Waals surface area (Å²) in [6.45, 7) is 8.00. The molecule has 2 atom stereocenters. The number of ether oxygens (including phenoxy) is 1. The molecule has 2 rings (SSSR count). The maximum atomic E-state index is 12.5. The smallest absolute Gasteiger partial charge is 0.261 e. The van der Waals surface area contributed by atoms with Crippen LogP contribution in [0.2, 0.25) is 0 Å². The number of benzene rings is 2. The molecule has 1 N–H and O–H groups in total. The zero-order valence-corrected chi connectivity index (χ0v) is 14.3. The van der Waals surface area contributed by atoms with E-state index in [-0.39, 0.29) is 11.9 Å². The number of amides is 1. The summed E-state index contributed by atoms with van der Waals surface area (Å²) in [7, 11) is 0. The molecule has 0 aliphatic carbocycles. The van der Waals surface area contributed by atoms with Crippen LogP contribution in [-0.2, 0) is 4.79 Å². The van der Waals surface area contributed by atoms with E-state index in [1.54, 1.807) is 0 Å². The normalized spacial score (nSPS) is 13.2. The van der Waals surface area contributed by atoms with Crippen LogP contribution in [0.5, 0.6) is 5.75 Å². The molecule has 0 aliphatic rings. The van der Waals surface area contributed by atoms with Crippen molar-refractivity contribution in [3.05, 3.63) is 65.2 Å². The minimum Gasteiger partial charge on any atom is -0.481 e. The summed E-state index contributed by atoms with van der Waals surface area (Å²) < 4.78 is 5.85. The predicted molar refractivity (Wildman–Crippen MR) is 93.6 cm³/mol. The highest BCUT2D eigenvalue weighted by atomic mass is 16.5. The molecule has 122 valence electrons. The van der Waals surface area contributed by atoms with Crippen molar-refractivity contribution in [2.24, 2.45) is 0 Å². The van der Waals surface area contributed by atoms with Crippen LogP contribution in [0.4, 0.5) is 0 Å². The molecule has 1 amide bonds. The van der Waals surface area contributed by atoms with E-state index in [0.717, 1.165) is 16.9 Å². The highest BCUT2D eigenvalue weighted by Crippen LogP contribution is 2.17. The predicted octanol–water partition coefficient (Wildman–Crippen LogP) is 4.34. The van der Waals surface area contributed by atoms with E-state index >= 15 is 0 Å². The van der Waals surface area contributed by atoms with E-state index in [4.69, 9.17) is 4.74 Å². The number of rotatable bonds is 6. The molecule has 0 fully saturated rings. The van der Waals surface area contributed by atoms with Gasteiger partial charge in [0.05, 0.1) is 6.04 Å². The highest BCUT2D eigenvalue weighted by Gasteiger charge is 2.20. The summed E-state index contributed by atoms with van der Waals surface area (Å²) >= 11 is 0. The maximum absolute atomic E-state index is 12.5. The van der Waals surface area contributed by atoms with Gasteiger partial charge < -0.3 is 10.1 Å². The lowest BCUT2D eigenvalue weighted by molar-refractivity contribution is -0.128. The molecule has 3 heteroatoms. The molecule has 0 spiro atoms. The molecule has 2 unspecified atom stereocenters. The van der Waals surface area contributed by atoms with Gasteiger partial charge in [0.1, 0.15) is 5.75 Å². The summed E-state index contributed by atoms with van der Waals surface area (Å²) in [5.74, 6) is 0.650. The number of aryl methyl sites for hydroxylation is 2. The van der Waals surface area contributed by atoms with Crippen molar-refractivity contribution in [1.29, 1.82) is 0 Å². The second-order valence-electron chi connectivity index (χ2n) is 5.97. The molecule has 3 nitrogen and oxygen atoms in total. The molecule has 2 aromatic carbocycles. The van der Waals surface area contributed by atoms with Gasteiger partial charge >= 0.3 is 0 Å². The molecule has 0 saturated heterocycles. The summed E-state index contributed by atoms with van der Waals surface area (Å²) in [4.78, 5) is 12.5. The van der Waals surface area contributed by atoms with Crippen molar-refractivity contribution >= 4 is 5.91 Å². The first-order valence-electron chi connectivity index (χ1n) is 8.10. The van der Waals surface area contributed by atoms with Crippen molar-refractivity contribution in [2.45, 2.75) is 46.3 Å². The van der Waals surface area contributed by atoms with Crippen molar-refractivity contribution in [3.63, 3.8) is 0 Å². The summed E-state index contributed by atoms with van der Waals surface area (Å²) in [6.07, 6.45) is 0.144. The lowest BCUT2D eigenvalue weighted by atomic mass is 10.1. The van der Waals surface area contributed by atoms with Crippen LogP contribution in [0.1, 0.15) is 43.0 Å². The summed E-state index contributed by atoms with van der Waals surface area (Å²) in [5.41, 5.74) is 3.42. The molecule has 0 radical (unpaired) electrons. The van der Waals surface area contributed by atoms with Gasteiger partial charge in [-0.05, 0) is 50.5 Å². The Morgan fingerprint density at radius 2 is 1.78 bits per heavy atom. The first-order chi connectivity index (χ1) is 11.0. The van der Waals surface area contributed by atoms with E-state index < -0.39 is 6.10 Å². The van der Waals surface area contributed by atoms with Crippen LogP contribution in [0.15, 0.2) is 48.5 Å². The molecule has 0 heterocycles. The van der Waals surface area contributed by atoms with Gasteiger partial charge in [-0.15, -0.1) is 0 Å². The Morgan fingerprint density at radius 1 is 1.09 bits per heavy atom. The zero-order chi connectivity index (χ0) is 16.8. The quantitative estimate of drug-likeness (QED) is 0.862. The van der Waals surface area contributed by atoms with Crippen molar-refractivity contribution in [3.8, 4) is 5.75 Å². The van der Waals surface area contributed by atoms with E-state index in [9.17, 15) is 4.79 Å². The Bertz CT molecular complexity index is 649. The first kappa shape index (κ1) is 17.1. The fourth-order valence-electron chi connectivity index (χ4n) is 2.42. The minimum absolute atomic E-state index is 0.0433. The third-order valence-corrected chi connectivity index (χ3v) is 3.87. The SMILES string of the molecule is CCC(Oc1cccc(C)c1)C(=O)NC(C)c1ccc(C)cc1. The topological polar surface area (TPSA) is 38.3 Å². The standard InChI is InChI=1S/C20H25NO2/c1-5-19(23-18-8-6-7-15(3)13-18)20(22)21-16(4)17-11-9-14(2)10-12-17/h6-13,16,19H,5H2,1-4H3,(H,21,22). The van der Waals surface area contributed by atoms with Gasteiger partial charge in [-0.25, -0.2) is 0 Å². The van der Waals surface area contributed by atoms with Crippen molar-refractivity contribution in [2.75, 3.05) is 0 Å². The van der Waals surface area contributed by atoms with Gasteiger partial charge in [0.15, 0.2) is 6.10 Å². The second kappa shape index (κ2) is 7.82. The lowest BCUT2D eigenvalue weighted by Gasteiger charge is -2.21. The number of nitrogens with one attached hydrogen (secondary N) is 1. The number of hydrogen-bond donors (Lipinski definition) is 1. The Balaban J connectivity index is 2.00. The maximum Gasteiger partial charge on any atom is 0.261 e. The average molecular weight is 311 g/mol. The van der Waals surface area contributed by atoms with Gasteiger partial charge in [0, 0.05) is 0 Å². The van der Waals surface area contributed by atoms with Gasteiger partial charge in [-0.1, -0.05) is 48.9 Å². The fourth-order valence-corrected chi connectivity index (χ4v) is 2.42. The molecule has 0 aliphatic heterocycles. The zero-order valence-electron chi connectivity index (χ0n) is 14.3. The molecule has 0 bridgehead atoms. The third kappa shape index (κ3) is 4.85. The average Bonchev–Trinajstić information content (AvgIpc) is 2.53. The van der Waals surface area contributed by atoms with Crippen molar-refractivity contribution < 1.29 is 9.53 Å². The van der Waals surface area contributed by atoms with Crippen molar-refractivity contribution in [1.82, 2.24) is 5.32 Å². The minimum atomic E-state index is -0.482. The Morgan fingerprint density at radius 3 is 2.39 bits per heavy atom. The van der Waals surface area contributed by atoms with Gasteiger partial charge in [-0.3, -0.25) is 4.79 Å². The van der Waals surface area contributed by atoms with Gasteiger partial charge in [-0.2, -0.15) is 0 Å². The van der Waals surface area contributed by atoms with Gasteiger partial charge in [0.25, 0.3) is 5.91 Å². The first-order valence-corrected chi connectivity index (χ1v) is 8.10. The van der Waals surface area contributed by atoms with Crippen LogP contribution in [0.25, 0.3) is 0 Å². The van der Waals surface area contributed by atoms with E-state index in [1.807, 2.05) is 57.2 Å². The molecule has 0 aromatic heterocycles. The number of hydrogen-bond acceptors (Lipinski definition) is 2. The Labute approximate surface area is 138 Å². The summed E-state index contributed by atoms with van der Waals surface area (Å²) in [6, 6.07) is 15.9. The Kier molecular flexibility index (Phi) is 5.80. The molecule has 2 aromatic rings. The van der Waals surface area contributed by atoms with Crippen LogP contribution >= 0.6 is 0 Å². The number of carbonyl (C=O) groups is 1. The lowest BCUT2D eigenvalue weighted by Crippen LogP contribution is -2.39. The highest BCUT2D eigenvalue weighted by molar-refractivity contribution is 5.81. The molecule has 23 heavy (non-hydrogen) atoms. The Hall–Kier alpha value is -2.29. The van der Waals surface area contributed by atoms with Gasteiger partial charge in [0.2, 0.25) is 0 Å². The van der Waals surface area contributed by atoms with Crippen LogP contribution in [-0.4, -0.2) is 12.0 Å². The third-order valence-electron chi connectivity index (χ3n) is 3.87. The van der Waals surface area contributed by atoms with Crippen LogP contribution < -0.4 is 10.1 Å². The molecule has 0 saturated carbocycles. The molecular weight excluding hydrogens is 286 g/mol. The van der Waals surface area contributed by atoms with Crippen LogP contribution in [0.3, 0.4) is 0 Å². The largest absolute Gasteiger partial charge is 0.481 e. The monoisotopic (exact) mass is 311 g/mol. The van der Waals surface area contributed by atoms with E-state index in [2.05, 4.69) is 24.4 Å².